The van der Waals surface area contributed by atoms with Crippen molar-refractivity contribution in [2.24, 2.45) is 0 Å². The van der Waals surface area contributed by atoms with Crippen LogP contribution in [0.4, 0.5) is 0 Å². The Balaban J connectivity index is 3.57. The Bertz CT molecular complexity index is 187. The molecule has 0 aliphatic carbocycles. The van der Waals surface area contributed by atoms with Crippen molar-refractivity contribution in [2.75, 3.05) is 13.2 Å². The zero-order chi connectivity index (χ0) is 8.74. The number of phosphoric acid groups is 1. The number of rotatable bonds is 5. The third-order valence-electron chi connectivity index (χ3n) is 0.761. The summed E-state index contributed by atoms with van der Waals surface area (Å²) in [4.78, 5) is 8.74. The SMILES string of the molecule is CCOP(=O)(O)OCCC#N. The van der Waals surface area contributed by atoms with E-state index in [2.05, 4.69) is 9.05 Å². The summed E-state index contributed by atoms with van der Waals surface area (Å²) in [6.45, 7) is 1.61. The number of nitriles is 1. The van der Waals surface area contributed by atoms with E-state index in [0.717, 1.165) is 0 Å². The van der Waals surface area contributed by atoms with Crippen LogP contribution in [-0.4, -0.2) is 18.1 Å². The molecule has 0 saturated carbocycles. The number of phosphoric ester groups is 1. The van der Waals surface area contributed by atoms with Crippen LogP contribution < -0.4 is 0 Å². The van der Waals surface area contributed by atoms with E-state index in [4.69, 9.17) is 10.2 Å². The molecule has 0 aromatic heterocycles. The fourth-order valence-electron chi connectivity index (χ4n) is 0.407. The molecule has 1 atom stereocenters. The molecule has 0 aromatic carbocycles. The van der Waals surface area contributed by atoms with E-state index < -0.39 is 7.82 Å². The van der Waals surface area contributed by atoms with Crippen molar-refractivity contribution in [1.82, 2.24) is 0 Å². The van der Waals surface area contributed by atoms with Crippen molar-refractivity contribution < 1.29 is 18.5 Å². The van der Waals surface area contributed by atoms with Crippen LogP contribution in [0, 0.1) is 11.3 Å². The largest absolute Gasteiger partial charge is 0.472 e. The summed E-state index contributed by atoms with van der Waals surface area (Å²) in [5.74, 6) is 0. The van der Waals surface area contributed by atoms with Crippen molar-refractivity contribution in [2.45, 2.75) is 13.3 Å². The number of nitrogens with zero attached hydrogens (tertiary/aromatic N) is 1. The molecule has 0 aliphatic heterocycles. The summed E-state index contributed by atoms with van der Waals surface area (Å²) in [5, 5.41) is 8.05. The van der Waals surface area contributed by atoms with E-state index in [1.54, 1.807) is 13.0 Å². The van der Waals surface area contributed by atoms with E-state index in [1.807, 2.05) is 0 Å². The van der Waals surface area contributed by atoms with E-state index in [-0.39, 0.29) is 19.6 Å². The molecule has 5 nitrogen and oxygen atoms in total. The van der Waals surface area contributed by atoms with E-state index in [1.165, 1.54) is 0 Å². The average molecular weight is 179 g/mol. The lowest BCUT2D eigenvalue weighted by atomic mass is 10.5. The average Bonchev–Trinajstić information content (AvgIpc) is 1.87. The highest BCUT2D eigenvalue weighted by molar-refractivity contribution is 7.47. The predicted molar refractivity (Wildman–Crippen MR) is 37.6 cm³/mol. The van der Waals surface area contributed by atoms with E-state index >= 15 is 0 Å². The lowest BCUT2D eigenvalue weighted by molar-refractivity contribution is 0.158. The highest BCUT2D eigenvalue weighted by atomic mass is 31.2. The van der Waals surface area contributed by atoms with Crippen molar-refractivity contribution in [1.29, 1.82) is 5.26 Å². The van der Waals surface area contributed by atoms with Crippen LogP contribution in [0.15, 0.2) is 0 Å². The Morgan fingerprint density at radius 1 is 1.64 bits per heavy atom. The molecule has 0 heterocycles. The zero-order valence-electron chi connectivity index (χ0n) is 6.19. The molecule has 0 aliphatic rings. The van der Waals surface area contributed by atoms with Gasteiger partial charge in [0.15, 0.2) is 0 Å². The van der Waals surface area contributed by atoms with Crippen LogP contribution in [0.25, 0.3) is 0 Å². The maximum Gasteiger partial charge on any atom is 0.472 e. The van der Waals surface area contributed by atoms with Gasteiger partial charge in [-0.3, -0.25) is 9.05 Å². The zero-order valence-corrected chi connectivity index (χ0v) is 7.08. The monoisotopic (exact) mass is 179 g/mol. The van der Waals surface area contributed by atoms with Gasteiger partial charge in [-0.2, -0.15) is 5.26 Å². The van der Waals surface area contributed by atoms with Crippen molar-refractivity contribution in [3.05, 3.63) is 0 Å². The summed E-state index contributed by atoms with van der Waals surface area (Å²) < 4.78 is 19.4. The molecule has 6 heteroatoms. The maximum absolute atomic E-state index is 10.7. The van der Waals surface area contributed by atoms with Crippen LogP contribution in [0.2, 0.25) is 0 Å². The van der Waals surface area contributed by atoms with Gasteiger partial charge < -0.3 is 4.89 Å². The Morgan fingerprint density at radius 3 is 2.73 bits per heavy atom. The second-order valence-electron chi connectivity index (χ2n) is 1.63. The van der Waals surface area contributed by atoms with Crippen LogP contribution in [0.5, 0.6) is 0 Å². The van der Waals surface area contributed by atoms with Gasteiger partial charge in [-0.15, -0.1) is 0 Å². The first-order valence-electron chi connectivity index (χ1n) is 3.11. The normalized spacial score (nSPS) is 15.4. The topological polar surface area (TPSA) is 79.6 Å². The molecule has 0 spiro atoms. The number of hydrogen-bond acceptors (Lipinski definition) is 4. The van der Waals surface area contributed by atoms with Crippen LogP contribution >= 0.6 is 7.82 Å². The summed E-state index contributed by atoms with van der Waals surface area (Å²) in [6, 6.07) is 1.77. The minimum Gasteiger partial charge on any atom is -0.302 e. The summed E-state index contributed by atoms with van der Waals surface area (Å²) >= 11 is 0. The summed E-state index contributed by atoms with van der Waals surface area (Å²) in [5.41, 5.74) is 0. The van der Waals surface area contributed by atoms with E-state index in [0.29, 0.717) is 0 Å². The summed E-state index contributed by atoms with van der Waals surface area (Å²) in [7, 11) is -3.87. The molecular formula is C5H10NO4P. The Morgan fingerprint density at radius 2 is 2.27 bits per heavy atom. The first-order valence-corrected chi connectivity index (χ1v) is 4.60. The van der Waals surface area contributed by atoms with Crippen LogP contribution in [0.3, 0.4) is 0 Å². The van der Waals surface area contributed by atoms with Gasteiger partial charge in [0, 0.05) is 0 Å². The molecular weight excluding hydrogens is 169 g/mol. The molecule has 0 saturated heterocycles. The quantitative estimate of drug-likeness (QED) is 0.504. The fraction of sp³-hybridized carbons (Fsp3) is 0.800. The smallest absolute Gasteiger partial charge is 0.302 e. The number of hydrogen-bond donors (Lipinski definition) is 1. The molecule has 1 N–H and O–H groups in total. The van der Waals surface area contributed by atoms with Crippen molar-refractivity contribution >= 4 is 7.82 Å². The van der Waals surface area contributed by atoms with Gasteiger partial charge in [0.25, 0.3) is 0 Å². The third-order valence-corrected chi connectivity index (χ3v) is 1.85. The molecule has 64 valence electrons. The highest BCUT2D eigenvalue weighted by Crippen LogP contribution is 2.42. The molecule has 0 amide bonds. The van der Waals surface area contributed by atoms with Gasteiger partial charge in [0.2, 0.25) is 0 Å². The van der Waals surface area contributed by atoms with Gasteiger partial charge in [-0.25, -0.2) is 4.57 Å². The summed E-state index contributed by atoms with van der Waals surface area (Å²) in [6.07, 6.45) is 0.0810. The molecule has 0 rings (SSSR count). The van der Waals surface area contributed by atoms with E-state index in [9.17, 15) is 4.57 Å². The molecule has 0 fully saturated rings. The lowest BCUT2D eigenvalue weighted by Gasteiger charge is -2.08. The van der Waals surface area contributed by atoms with Crippen LogP contribution in [0.1, 0.15) is 13.3 Å². The van der Waals surface area contributed by atoms with Crippen LogP contribution in [-0.2, 0) is 13.6 Å². The highest BCUT2D eigenvalue weighted by Gasteiger charge is 2.18. The predicted octanol–water partition coefficient (Wildman–Crippen LogP) is 1.05. The third kappa shape index (κ3) is 6.02. The van der Waals surface area contributed by atoms with Crippen molar-refractivity contribution in [3.63, 3.8) is 0 Å². The van der Waals surface area contributed by atoms with Gasteiger partial charge in [-0.05, 0) is 6.92 Å². The molecule has 11 heavy (non-hydrogen) atoms. The van der Waals surface area contributed by atoms with Gasteiger partial charge in [0.1, 0.15) is 0 Å². The lowest BCUT2D eigenvalue weighted by Crippen LogP contribution is -1.95. The Hall–Kier alpha value is -0.400. The molecule has 0 aromatic rings. The second-order valence-corrected chi connectivity index (χ2v) is 3.08. The first kappa shape index (κ1) is 10.6. The minimum absolute atomic E-state index is 0.0791. The van der Waals surface area contributed by atoms with Gasteiger partial charge >= 0.3 is 7.82 Å². The minimum atomic E-state index is -3.87. The standard InChI is InChI=1S/C5H10NO4P/c1-2-9-11(7,8)10-5-3-4-6/h2-3,5H2,1H3,(H,7,8). The fourth-order valence-corrected chi connectivity index (χ4v) is 1.13. The van der Waals surface area contributed by atoms with Gasteiger partial charge in [-0.1, -0.05) is 0 Å². The molecule has 0 radical (unpaired) electrons. The van der Waals surface area contributed by atoms with Gasteiger partial charge in [0.05, 0.1) is 25.7 Å². The molecule has 0 bridgehead atoms. The maximum atomic E-state index is 10.7. The van der Waals surface area contributed by atoms with Crippen molar-refractivity contribution in [3.8, 4) is 6.07 Å². The first-order chi connectivity index (χ1) is 5.12. The second kappa shape index (κ2) is 5.28. The molecule has 1 unspecified atom stereocenters. The Kier molecular flexibility index (Phi) is 5.08. The Labute approximate surface area is 65.2 Å².